The van der Waals surface area contributed by atoms with Gasteiger partial charge in [-0.05, 0) is 12.8 Å². The Morgan fingerprint density at radius 3 is 1.52 bits per heavy atom. The predicted molar refractivity (Wildman–Crippen MR) is 104 cm³/mol. The van der Waals surface area contributed by atoms with E-state index in [1.165, 1.54) is 0 Å². The molecule has 0 aliphatic heterocycles. The van der Waals surface area contributed by atoms with Gasteiger partial charge in [0, 0.05) is 5.54 Å². The first-order valence-corrected chi connectivity index (χ1v) is 16.9. The first kappa shape index (κ1) is 17.3. The maximum absolute atomic E-state index is 6.49. The van der Waals surface area contributed by atoms with Gasteiger partial charge in [-0.3, -0.25) is 0 Å². The molecule has 114 valence electrons. The van der Waals surface area contributed by atoms with Gasteiger partial charge in [0.15, 0.2) is 8.83 Å². The summed E-state index contributed by atoms with van der Waals surface area (Å²) in [6.07, 6.45) is 11.7. The van der Waals surface area contributed by atoms with Crippen molar-refractivity contribution < 1.29 is 0 Å². The van der Waals surface area contributed by atoms with Crippen molar-refractivity contribution in [2.24, 2.45) is 0 Å². The second-order valence-corrected chi connectivity index (χ2v) is 19.7. The Bertz CT molecular complexity index is 491. The summed E-state index contributed by atoms with van der Waals surface area (Å²) in [5, 5.41) is 3.30. The number of halogens is 1. The van der Waals surface area contributed by atoms with Crippen molar-refractivity contribution in [1.29, 1.82) is 0 Å². The molecule has 0 fully saturated rings. The third kappa shape index (κ3) is 3.63. The highest BCUT2D eigenvalue weighted by atomic mass is 35.6. The molecule has 0 aromatic heterocycles. The molecule has 0 amide bonds. The molecule has 2 aliphatic carbocycles. The van der Waals surface area contributed by atoms with E-state index in [2.05, 4.69) is 63.6 Å². The molecule has 4 heteroatoms. The zero-order valence-corrected chi connectivity index (χ0v) is 17.9. The normalized spacial score (nSPS) is 19.6. The van der Waals surface area contributed by atoms with Crippen LogP contribution in [0.4, 0.5) is 0 Å². The average molecular weight is 351 g/mol. The summed E-state index contributed by atoms with van der Waals surface area (Å²) in [5.41, 5.74) is 3.76. The Balaban J connectivity index is 2.47. The van der Waals surface area contributed by atoms with Gasteiger partial charge in [-0.1, -0.05) is 85.1 Å². The first-order valence-electron chi connectivity index (χ1n) is 7.82. The molecule has 0 unspecified atom stereocenters. The highest BCUT2D eigenvalue weighted by Gasteiger charge is 2.33. The van der Waals surface area contributed by atoms with Crippen LogP contribution in [-0.4, -0.2) is 25.0 Å². The highest BCUT2D eigenvalue weighted by molar-refractivity contribution is 6.95. The van der Waals surface area contributed by atoms with Crippen LogP contribution in [0.15, 0.2) is 45.8 Å². The van der Waals surface area contributed by atoms with Crippen LogP contribution in [0.3, 0.4) is 0 Å². The van der Waals surface area contributed by atoms with Crippen molar-refractivity contribution in [3.8, 4) is 0 Å². The predicted octanol–water partition coefficient (Wildman–Crippen LogP) is 5.90. The Morgan fingerprint density at radius 1 is 0.857 bits per heavy atom. The molecule has 2 radical (unpaired) electrons. The van der Waals surface area contributed by atoms with Crippen molar-refractivity contribution in [1.82, 2.24) is 0 Å². The Hall–Kier alpha value is -0.0994. The molecule has 0 spiro atoms. The van der Waals surface area contributed by atoms with E-state index in [9.17, 15) is 0 Å². The van der Waals surface area contributed by atoms with Crippen LogP contribution in [0, 0.1) is 0 Å². The summed E-state index contributed by atoms with van der Waals surface area (Å²) in [7, 11) is -2.09. The Morgan fingerprint density at radius 2 is 1.24 bits per heavy atom. The maximum Gasteiger partial charge on any atom is 0.184 e. The highest BCUT2D eigenvalue weighted by Crippen LogP contribution is 2.44. The fraction of sp³-hybridized carbons (Fsp3) is 0.529. The van der Waals surface area contributed by atoms with Gasteiger partial charge in [0.05, 0.1) is 16.1 Å². The number of rotatable bonds is 5. The number of hydrogen-bond donors (Lipinski definition) is 0. The monoisotopic (exact) mass is 350 g/mol. The van der Waals surface area contributed by atoms with Gasteiger partial charge in [0.25, 0.3) is 0 Å². The Kier molecular flexibility index (Phi) is 5.08. The van der Waals surface area contributed by atoms with E-state index < -0.39 is 16.1 Å². The van der Waals surface area contributed by atoms with E-state index in [-0.39, 0.29) is 0 Å². The van der Waals surface area contributed by atoms with Gasteiger partial charge in [0.1, 0.15) is 0 Å². The smallest absolute Gasteiger partial charge is 0.170 e. The third-order valence-corrected chi connectivity index (χ3v) is 10.1. The van der Waals surface area contributed by atoms with Crippen LogP contribution in [-0.2, 0) is 0 Å². The van der Waals surface area contributed by atoms with Crippen LogP contribution < -0.4 is 0 Å². The van der Waals surface area contributed by atoms with Gasteiger partial charge in [-0.2, -0.15) is 11.1 Å². The minimum absolute atomic E-state index is 0.468. The molecule has 0 heterocycles. The zero-order chi connectivity index (χ0) is 15.8. The summed E-state index contributed by atoms with van der Waals surface area (Å²) in [5.74, 6) is 0. The van der Waals surface area contributed by atoms with Gasteiger partial charge in [-0.25, -0.2) is 0 Å². The average Bonchev–Trinajstić information content (AvgIpc) is 2.96. The lowest BCUT2D eigenvalue weighted by atomic mass is 10.0. The molecule has 2 rings (SSSR count). The molecule has 0 aromatic carbocycles. The van der Waals surface area contributed by atoms with Crippen molar-refractivity contribution in [2.75, 3.05) is 0 Å². The second-order valence-electron chi connectivity index (χ2n) is 8.13. The van der Waals surface area contributed by atoms with Crippen LogP contribution in [0.1, 0.15) is 12.8 Å². The molecule has 2 aliphatic rings. The molecule has 21 heavy (non-hydrogen) atoms. The molecular formula is C17H27ClSi3. The van der Waals surface area contributed by atoms with Crippen LogP contribution in [0.25, 0.3) is 0 Å². The third-order valence-electron chi connectivity index (χ3n) is 4.36. The molecule has 0 saturated carbocycles. The van der Waals surface area contributed by atoms with E-state index in [1.54, 1.807) is 21.5 Å². The number of hydrogen-bond acceptors (Lipinski definition) is 0. The second kappa shape index (κ2) is 6.19. The standard InChI is InChI=1S/C17H27ClSi3/c1-20(2,3)15-11-7-9-13(15)17(19-18)14-10-8-12-16(14)21(4,5)6/h7-8,11-12,17H,9-10H2,1-6H3. The van der Waals surface area contributed by atoms with Crippen molar-refractivity contribution in [3.05, 3.63) is 45.8 Å². The van der Waals surface area contributed by atoms with Crippen LogP contribution in [0.5, 0.6) is 0 Å². The molecule has 0 aromatic rings. The zero-order valence-electron chi connectivity index (χ0n) is 14.2. The topological polar surface area (TPSA) is 0 Å². The SMILES string of the molecule is C[Si](C)(C)C1=C(C([Si]Cl)C2=C([Si](C)(C)C)C=CC2)CC=C1. The summed E-state index contributed by atoms with van der Waals surface area (Å²) < 4.78 is 0. The minimum atomic E-state index is -1.28. The molecule has 0 bridgehead atoms. The maximum atomic E-state index is 6.49. The molecule has 0 nitrogen and oxygen atoms in total. The van der Waals surface area contributed by atoms with Crippen LogP contribution in [0.2, 0.25) is 44.8 Å². The quantitative estimate of drug-likeness (QED) is 0.427. The molecule has 0 N–H and O–H groups in total. The lowest BCUT2D eigenvalue weighted by Crippen LogP contribution is -2.27. The molecule has 0 atom stereocenters. The lowest BCUT2D eigenvalue weighted by molar-refractivity contribution is 1.01. The lowest BCUT2D eigenvalue weighted by Gasteiger charge is -2.28. The van der Waals surface area contributed by atoms with E-state index in [1.807, 2.05) is 0 Å². The Labute approximate surface area is 139 Å². The number of allylic oxidation sites excluding steroid dienone is 8. The fourth-order valence-electron chi connectivity index (χ4n) is 3.39. The van der Waals surface area contributed by atoms with E-state index in [0.29, 0.717) is 14.4 Å². The van der Waals surface area contributed by atoms with E-state index in [0.717, 1.165) is 12.8 Å². The largest absolute Gasteiger partial charge is 0.184 e. The fourth-order valence-corrected chi connectivity index (χ4v) is 8.94. The first-order chi connectivity index (χ1) is 9.66. The van der Waals surface area contributed by atoms with Crippen molar-refractivity contribution in [2.45, 2.75) is 57.7 Å². The van der Waals surface area contributed by atoms with Gasteiger partial charge in [0.2, 0.25) is 0 Å². The van der Waals surface area contributed by atoms with Gasteiger partial charge in [-0.15, -0.1) is 0 Å². The van der Waals surface area contributed by atoms with E-state index >= 15 is 0 Å². The molecule has 0 saturated heterocycles. The van der Waals surface area contributed by atoms with Gasteiger partial charge >= 0.3 is 0 Å². The minimum Gasteiger partial charge on any atom is -0.170 e. The molecular weight excluding hydrogens is 324 g/mol. The van der Waals surface area contributed by atoms with Crippen LogP contribution >= 0.6 is 11.1 Å². The summed E-state index contributed by atoms with van der Waals surface area (Å²) >= 11 is 6.49. The van der Waals surface area contributed by atoms with Crippen molar-refractivity contribution in [3.63, 3.8) is 0 Å². The van der Waals surface area contributed by atoms with Gasteiger partial charge < -0.3 is 0 Å². The van der Waals surface area contributed by atoms with E-state index in [4.69, 9.17) is 11.1 Å². The summed E-state index contributed by atoms with van der Waals surface area (Å²) in [4.78, 5) is 0. The van der Waals surface area contributed by atoms with Crippen molar-refractivity contribution >= 4 is 36.1 Å². The summed E-state index contributed by atoms with van der Waals surface area (Å²) in [6.45, 7) is 14.7. The summed E-state index contributed by atoms with van der Waals surface area (Å²) in [6, 6.07) is 0.